The van der Waals surface area contributed by atoms with Gasteiger partial charge in [-0.15, -0.1) is 11.3 Å². The first-order chi connectivity index (χ1) is 8.58. The Morgan fingerprint density at radius 2 is 2.11 bits per heavy atom. The summed E-state index contributed by atoms with van der Waals surface area (Å²) in [4.78, 5) is 26.9. The second kappa shape index (κ2) is 4.84. The zero-order chi connectivity index (χ0) is 13.1. The van der Waals surface area contributed by atoms with E-state index in [0.29, 0.717) is 5.00 Å². The zero-order valence-electron chi connectivity index (χ0n) is 9.21. The number of pyridine rings is 1. The molecule has 0 bridgehead atoms. The van der Waals surface area contributed by atoms with E-state index in [9.17, 15) is 9.59 Å². The van der Waals surface area contributed by atoms with Crippen molar-refractivity contribution in [2.24, 2.45) is 11.5 Å². The highest BCUT2D eigenvalue weighted by atomic mass is 32.1. The van der Waals surface area contributed by atoms with Gasteiger partial charge in [-0.3, -0.25) is 15.1 Å². The number of amides is 3. The van der Waals surface area contributed by atoms with E-state index in [0.717, 1.165) is 10.4 Å². The van der Waals surface area contributed by atoms with E-state index in [1.165, 1.54) is 11.3 Å². The summed E-state index contributed by atoms with van der Waals surface area (Å²) in [6.07, 6.45) is 3.30. The third-order valence-corrected chi connectivity index (χ3v) is 3.28. The van der Waals surface area contributed by atoms with E-state index < -0.39 is 11.9 Å². The van der Waals surface area contributed by atoms with Crippen molar-refractivity contribution < 1.29 is 9.59 Å². The van der Waals surface area contributed by atoms with E-state index in [2.05, 4.69) is 10.3 Å². The molecule has 0 fully saturated rings. The highest BCUT2D eigenvalue weighted by Gasteiger charge is 2.15. The highest BCUT2D eigenvalue weighted by molar-refractivity contribution is 7.20. The van der Waals surface area contributed by atoms with Gasteiger partial charge in [-0.25, -0.2) is 4.79 Å². The van der Waals surface area contributed by atoms with Crippen LogP contribution in [0.2, 0.25) is 0 Å². The molecule has 2 aromatic rings. The Morgan fingerprint density at radius 3 is 2.67 bits per heavy atom. The molecule has 5 N–H and O–H groups in total. The van der Waals surface area contributed by atoms with Gasteiger partial charge >= 0.3 is 6.03 Å². The van der Waals surface area contributed by atoms with Crippen LogP contribution in [0.4, 0.5) is 9.80 Å². The van der Waals surface area contributed by atoms with Gasteiger partial charge in [0.25, 0.3) is 5.91 Å². The molecule has 0 radical (unpaired) electrons. The van der Waals surface area contributed by atoms with Crippen molar-refractivity contribution in [3.05, 3.63) is 36.2 Å². The SMILES string of the molecule is NC(=O)Nc1sc(-c2cccnc2)cc1C(N)=O. The van der Waals surface area contributed by atoms with Crippen molar-refractivity contribution in [2.45, 2.75) is 0 Å². The molecule has 2 rings (SSSR count). The number of hydrogen-bond acceptors (Lipinski definition) is 4. The van der Waals surface area contributed by atoms with Crippen LogP contribution in [0.3, 0.4) is 0 Å². The summed E-state index contributed by atoms with van der Waals surface area (Å²) in [7, 11) is 0. The maximum Gasteiger partial charge on any atom is 0.317 e. The normalized spacial score (nSPS) is 10.0. The molecular weight excluding hydrogens is 252 g/mol. The summed E-state index contributed by atoms with van der Waals surface area (Å²) in [6, 6.07) is 4.49. The van der Waals surface area contributed by atoms with Crippen molar-refractivity contribution >= 4 is 28.3 Å². The molecule has 0 aliphatic carbocycles. The van der Waals surface area contributed by atoms with Crippen LogP contribution in [-0.4, -0.2) is 16.9 Å². The van der Waals surface area contributed by atoms with E-state index in [-0.39, 0.29) is 5.56 Å². The molecule has 7 heteroatoms. The molecule has 0 saturated carbocycles. The number of nitrogens with one attached hydrogen (secondary N) is 1. The van der Waals surface area contributed by atoms with Gasteiger partial charge in [0.05, 0.1) is 5.56 Å². The molecule has 3 amide bonds. The van der Waals surface area contributed by atoms with Gasteiger partial charge in [0, 0.05) is 22.8 Å². The fourth-order valence-electron chi connectivity index (χ4n) is 1.43. The van der Waals surface area contributed by atoms with Crippen LogP contribution >= 0.6 is 11.3 Å². The predicted molar refractivity (Wildman–Crippen MR) is 69.3 cm³/mol. The Morgan fingerprint density at radius 1 is 1.33 bits per heavy atom. The van der Waals surface area contributed by atoms with Crippen molar-refractivity contribution in [3.8, 4) is 10.4 Å². The molecular formula is C11H10N4O2S. The minimum absolute atomic E-state index is 0.234. The van der Waals surface area contributed by atoms with Gasteiger partial charge in [0.15, 0.2) is 0 Å². The summed E-state index contributed by atoms with van der Waals surface area (Å²) in [5.41, 5.74) is 11.3. The average molecular weight is 262 g/mol. The number of thiophene rings is 1. The maximum atomic E-state index is 11.3. The fraction of sp³-hybridized carbons (Fsp3) is 0. The Kier molecular flexibility index (Phi) is 3.24. The molecule has 0 aliphatic heterocycles. The Balaban J connectivity index is 2.45. The molecule has 18 heavy (non-hydrogen) atoms. The highest BCUT2D eigenvalue weighted by Crippen LogP contribution is 2.34. The minimum atomic E-state index is -0.739. The lowest BCUT2D eigenvalue weighted by Crippen LogP contribution is -2.21. The van der Waals surface area contributed by atoms with Gasteiger partial charge in [0.2, 0.25) is 0 Å². The van der Waals surface area contributed by atoms with Gasteiger partial charge in [-0.1, -0.05) is 6.07 Å². The number of carbonyl (C=O) groups is 2. The first-order valence-electron chi connectivity index (χ1n) is 4.98. The Hall–Kier alpha value is -2.41. The summed E-state index contributed by atoms with van der Waals surface area (Å²) in [5, 5.41) is 2.72. The topological polar surface area (TPSA) is 111 Å². The number of urea groups is 1. The lowest BCUT2D eigenvalue weighted by atomic mass is 10.2. The molecule has 0 aromatic carbocycles. The third-order valence-electron chi connectivity index (χ3n) is 2.18. The predicted octanol–water partition coefficient (Wildman–Crippen LogP) is 1.40. The number of nitrogens with zero attached hydrogens (tertiary/aromatic N) is 1. The van der Waals surface area contributed by atoms with Gasteiger partial charge in [-0.05, 0) is 12.1 Å². The second-order valence-electron chi connectivity index (χ2n) is 3.45. The zero-order valence-corrected chi connectivity index (χ0v) is 10.0. The standard InChI is InChI=1S/C11H10N4O2S/c12-9(16)7-4-8(6-2-1-3-14-5-6)18-10(7)15-11(13)17/h1-5H,(H2,12,16)(H3,13,15,17). The third kappa shape index (κ3) is 2.46. The summed E-state index contributed by atoms with van der Waals surface area (Å²) >= 11 is 1.22. The Bertz CT molecular complexity index is 594. The van der Waals surface area contributed by atoms with Crippen LogP contribution in [0.25, 0.3) is 10.4 Å². The number of hydrogen-bond donors (Lipinski definition) is 3. The van der Waals surface area contributed by atoms with Crippen molar-refractivity contribution in [1.29, 1.82) is 0 Å². The average Bonchev–Trinajstić information content (AvgIpc) is 2.73. The molecule has 0 atom stereocenters. The van der Waals surface area contributed by atoms with Crippen LogP contribution in [0.5, 0.6) is 0 Å². The number of aromatic nitrogens is 1. The van der Waals surface area contributed by atoms with Gasteiger partial charge in [-0.2, -0.15) is 0 Å². The van der Waals surface area contributed by atoms with Crippen LogP contribution in [0.15, 0.2) is 30.6 Å². The summed E-state index contributed by atoms with van der Waals surface area (Å²) in [5.74, 6) is -0.620. The first kappa shape index (κ1) is 12.1. The molecule has 0 unspecified atom stereocenters. The van der Waals surface area contributed by atoms with Crippen molar-refractivity contribution in [3.63, 3.8) is 0 Å². The van der Waals surface area contributed by atoms with Gasteiger partial charge in [0.1, 0.15) is 5.00 Å². The summed E-state index contributed by atoms with van der Waals surface area (Å²) in [6.45, 7) is 0. The van der Waals surface area contributed by atoms with E-state index in [4.69, 9.17) is 11.5 Å². The Labute approximate surface area is 107 Å². The summed E-state index contributed by atoms with van der Waals surface area (Å²) < 4.78 is 0. The van der Waals surface area contributed by atoms with E-state index in [1.54, 1.807) is 24.5 Å². The molecule has 0 spiro atoms. The first-order valence-corrected chi connectivity index (χ1v) is 5.80. The quantitative estimate of drug-likeness (QED) is 0.777. The largest absolute Gasteiger partial charge is 0.366 e. The number of anilines is 1. The van der Waals surface area contributed by atoms with E-state index in [1.807, 2.05) is 6.07 Å². The minimum Gasteiger partial charge on any atom is -0.366 e. The smallest absolute Gasteiger partial charge is 0.317 e. The molecule has 2 aromatic heterocycles. The number of nitrogens with two attached hydrogens (primary N) is 2. The maximum absolute atomic E-state index is 11.3. The van der Waals surface area contributed by atoms with Crippen molar-refractivity contribution in [2.75, 3.05) is 5.32 Å². The van der Waals surface area contributed by atoms with Crippen molar-refractivity contribution in [1.82, 2.24) is 4.98 Å². The lowest BCUT2D eigenvalue weighted by molar-refractivity contribution is 0.100. The fourth-order valence-corrected chi connectivity index (χ4v) is 2.49. The lowest BCUT2D eigenvalue weighted by Gasteiger charge is -1.98. The molecule has 0 aliphatic rings. The molecule has 92 valence electrons. The monoisotopic (exact) mass is 262 g/mol. The number of rotatable bonds is 3. The van der Waals surface area contributed by atoms with Gasteiger partial charge < -0.3 is 11.5 Å². The van der Waals surface area contributed by atoms with E-state index >= 15 is 0 Å². The van der Waals surface area contributed by atoms with Crippen LogP contribution < -0.4 is 16.8 Å². The van der Waals surface area contributed by atoms with Crippen LogP contribution in [0, 0.1) is 0 Å². The second-order valence-corrected chi connectivity index (χ2v) is 4.50. The number of primary amides is 2. The molecule has 2 heterocycles. The van der Waals surface area contributed by atoms with Crippen LogP contribution in [-0.2, 0) is 0 Å². The number of carbonyl (C=O) groups excluding carboxylic acids is 2. The molecule has 6 nitrogen and oxygen atoms in total. The molecule has 0 saturated heterocycles. The van der Waals surface area contributed by atoms with Crippen LogP contribution in [0.1, 0.15) is 10.4 Å².